The second-order valence-corrected chi connectivity index (χ2v) is 5.78. The van der Waals surface area contributed by atoms with Gasteiger partial charge in [-0.25, -0.2) is 0 Å². The number of aryl methyl sites for hydroxylation is 2. The Morgan fingerprint density at radius 2 is 2.05 bits per heavy atom. The lowest BCUT2D eigenvalue weighted by Crippen LogP contribution is -2.23. The molecule has 0 amide bonds. The first-order valence-corrected chi connectivity index (χ1v) is 7.28. The van der Waals surface area contributed by atoms with Crippen LogP contribution in [0.3, 0.4) is 0 Å². The Labute approximate surface area is 120 Å². The normalized spacial score (nSPS) is 18.8. The van der Waals surface area contributed by atoms with E-state index in [4.69, 9.17) is 0 Å². The van der Waals surface area contributed by atoms with Crippen molar-refractivity contribution in [2.75, 3.05) is 0 Å². The van der Waals surface area contributed by atoms with Crippen molar-refractivity contribution in [3.8, 4) is 5.75 Å². The number of hydrogen-bond donors (Lipinski definition) is 2. The summed E-state index contributed by atoms with van der Waals surface area (Å²) in [6.45, 7) is 4.30. The number of aromatic hydroxyl groups is 1. The number of benzene rings is 2. The summed E-state index contributed by atoms with van der Waals surface area (Å²) in [6.07, 6.45) is 2.31. The Bertz CT molecular complexity index is 621. The SMILES string of the molecule is Cc1ccc2c(c1)C(NC(C)c1cccc(O)c1)CC2. The van der Waals surface area contributed by atoms with Crippen LogP contribution in [0.2, 0.25) is 0 Å². The third-order valence-electron chi connectivity index (χ3n) is 4.20. The summed E-state index contributed by atoms with van der Waals surface area (Å²) >= 11 is 0. The van der Waals surface area contributed by atoms with Gasteiger partial charge in [0.25, 0.3) is 0 Å². The molecule has 2 nitrogen and oxygen atoms in total. The molecule has 1 aliphatic carbocycles. The van der Waals surface area contributed by atoms with E-state index in [2.05, 4.69) is 43.4 Å². The van der Waals surface area contributed by atoms with Gasteiger partial charge in [0.05, 0.1) is 0 Å². The minimum atomic E-state index is 0.235. The first-order valence-electron chi connectivity index (χ1n) is 7.28. The van der Waals surface area contributed by atoms with Gasteiger partial charge < -0.3 is 10.4 Å². The molecule has 3 rings (SSSR count). The monoisotopic (exact) mass is 267 g/mol. The lowest BCUT2D eigenvalue weighted by Gasteiger charge is -2.21. The van der Waals surface area contributed by atoms with E-state index in [0.717, 1.165) is 18.4 Å². The lowest BCUT2D eigenvalue weighted by molar-refractivity contribution is 0.455. The van der Waals surface area contributed by atoms with Crippen LogP contribution in [0.4, 0.5) is 0 Å². The fourth-order valence-electron chi connectivity index (χ4n) is 3.09. The molecule has 0 aromatic heterocycles. The van der Waals surface area contributed by atoms with Crippen LogP contribution in [0.25, 0.3) is 0 Å². The summed E-state index contributed by atoms with van der Waals surface area (Å²) in [5, 5.41) is 13.3. The molecule has 0 spiro atoms. The average molecular weight is 267 g/mol. The van der Waals surface area contributed by atoms with Gasteiger partial charge in [-0.1, -0.05) is 35.9 Å². The van der Waals surface area contributed by atoms with Gasteiger partial charge in [-0.15, -0.1) is 0 Å². The number of rotatable bonds is 3. The Kier molecular flexibility index (Phi) is 3.49. The highest BCUT2D eigenvalue weighted by atomic mass is 16.3. The molecule has 2 aromatic carbocycles. The van der Waals surface area contributed by atoms with Crippen molar-refractivity contribution < 1.29 is 5.11 Å². The molecule has 2 N–H and O–H groups in total. The Hall–Kier alpha value is -1.80. The molecule has 0 fully saturated rings. The van der Waals surface area contributed by atoms with Gasteiger partial charge in [-0.2, -0.15) is 0 Å². The fourth-order valence-corrected chi connectivity index (χ4v) is 3.09. The van der Waals surface area contributed by atoms with E-state index in [0.29, 0.717) is 11.8 Å². The molecule has 2 aromatic rings. The van der Waals surface area contributed by atoms with Gasteiger partial charge in [0.1, 0.15) is 5.75 Å². The quantitative estimate of drug-likeness (QED) is 0.879. The summed E-state index contributed by atoms with van der Waals surface area (Å²) in [5.74, 6) is 0.332. The largest absolute Gasteiger partial charge is 0.508 e. The maximum Gasteiger partial charge on any atom is 0.115 e. The summed E-state index contributed by atoms with van der Waals surface area (Å²) < 4.78 is 0. The van der Waals surface area contributed by atoms with Crippen molar-refractivity contribution in [1.29, 1.82) is 0 Å². The summed E-state index contributed by atoms with van der Waals surface area (Å²) in [6, 6.07) is 14.9. The highest BCUT2D eigenvalue weighted by molar-refractivity contribution is 5.38. The van der Waals surface area contributed by atoms with Crippen LogP contribution in [0.15, 0.2) is 42.5 Å². The van der Waals surface area contributed by atoms with Crippen LogP contribution >= 0.6 is 0 Å². The van der Waals surface area contributed by atoms with E-state index in [9.17, 15) is 5.11 Å². The second kappa shape index (κ2) is 5.29. The minimum absolute atomic E-state index is 0.235. The number of phenolic OH excluding ortho intramolecular Hbond substituents is 1. The van der Waals surface area contributed by atoms with Crippen molar-refractivity contribution in [3.05, 3.63) is 64.7 Å². The number of fused-ring (bicyclic) bond motifs is 1. The highest BCUT2D eigenvalue weighted by Crippen LogP contribution is 2.33. The smallest absolute Gasteiger partial charge is 0.115 e. The van der Waals surface area contributed by atoms with Gasteiger partial charge in [0, 0.05) is 12.1 Å². The van der Waals surface area contributed by atoms with Gasteiger partial charge in [0.2, 0.25) is 0 Å². The van der Waals surface area contributed by atoms with Crippen molar-refractivity contribution in [2.24, 2.45) is 0 Å². The second-order valence-electron chi connectivity index (χ2n) is 5.78. The minimum Gasteiger partial charge on any atom is -0.508 e. The average Bonchev–Trinajstić information content (AvgIpc) is 2.81. The van der Waals surface area contributed by atoms with Crippen LogP contribution in [-0.4, -0.2) is 5.11 Å². The van der Waals surface area contributed by atoms with Crippen molar-refractivity contribution in [3.63, 3.8) is 0 Å². The predicted molar refractivity (Wildman–Crippen MR) is 81.9 cm³/mol. The molecule has 104 valence electrons. The van der Waals surface area contributed by atoms with Crippen molar-refractivity contribution >= 4 is 0 Å². The molecular formula is C18H21NO. The van der Waals surface area contributed by atoms with Gasteiger partial charge in [-0.05, 0) is 55.5 Å². The topological polar surface area (TPSA) is 32.3 Å². The summed E-state index contributed by atoms with van der Waals surface area (Å²) in [4.78, 5) is 0. The predicted octanol–water partition coefficient (Wildman–Crippen LogP) is 4.04. The van der Waals surface area contributed by atoms with Crippen LogP contribution in [0, 0.1) is 6.92 Å². The van der Waals surface area contributed by atoms with E-state index in [1.165, 1.54) is 16.7 Å². The molecule has 2 atom stereocenters. The zero-order valence-corrected chi connectivity index (χ0v) is 12.1. The number of hydrogen-bond acceptors (Lipinski definition) is 2. The standard InChI is InChI=1S/C18H21NO/c1-12-6-7-14-8-9-18(17(14)10-12)19-13(2)15-4-3-5-16(20)11-15/h3-7,10-11,13,18-20H,8-9H2,1-2H3. The molecular weight excluding hydrogens is 246 g/mol. The third kappa shape index (κ3) is 2.56. The molecule has 0 heterocycles. The fraction of sp³-hybridized carbons (Fsp3) is 0.333. The Morgan fingerprint density at radius 3 is 2.85 bits per heavy atom. The van der Waals surface area contributed by atoms with Gasteiger partial charge in [0.15, 0.2) is 0 Å². The van der Waals surface area contributed by atoms with Gasteiger partial charge in [-0.3, -0.25) is 0 Å². The maximum absolute atomic E-state index is 9.59. The molecule has 0 radical (unpaired) electrons. The van der Waals surface area contributed by atoms with Crippen LogP contribution in [0.5, 0.6) is 5.75 Å². The molecule has 1 aliphatic rings. The molecule has 0 saturated heterocycles. The third-order valence-corrected chi connectivity index (χ3v) is 4.20. The lowest BCUT2D eigenvalue weighted by atomic mass is 10.0. The summed E-state index contributed by atoms with van der Waals surface area (Å²) in [7, 11) is 0. The van der Waals surface area contributed by atoms with E-state index < -0.39 is 0 Å². The molecule has 2 unspecified atom stereocenters. The van der Waals surface area contributed by atoms with Gasteiger partial charge >= 0.3 is 0 Å². The van der Waals surface area contributed by atoms with E-state index in [-0.39, 0.29) is 6.04 Å². The zero-order valence-electron chi connectivity index (χ0n) is 12.1. The van der Waals surface area contributed by atoms with E-state index >= 15 is 0 Å². The van der Waals surface area contributed by atoms with Crippen LogP contribution < -0.4 is 5.32 Å². The number of nitrogens with one attached hydrogen (secondary N) is 1. The zero-order chi connectivity index (χ0) is 14.1. The maximum atomic E-state index is 9.59. The van der Waals surface area contributed by atoms with E-state index in [1.54, 1.807) is 6.07 Å². The number of phenols is 1. The van der Waals surface area contributed by atoms with Crippen LogP contribution in [0.1, 0.15) is 47.7 Å². The molecule has 0 bridgehead atoms. The molecule has 0 saturated carbocycles. The van der Waals surface area contributed by atoms with Crippen molar-refractivity contribution in [2.45, 2.75) is 38.8 Å². The Morgan fingerprint density at radius 1 is 1.20 bits per heavy atom. The molecule has 20 heavy (non-hydrogen) atoms. The Balaban J connectivity index is 1.78. The summed E-state index contributed by atoms with van der Waals surface area (Å²) in [5.41, 5.74) is 5.36. The highest BCUT2D eigenvalue weighted by Gasteiger charge is 2.23. The first kappa shape index (κ1) is 13.2. The first-order chi connectivity index (χ1) is 9.63. The van der Waals surface area contributed by atoms with Crippen molar-refractivity contribution in [1.82, 2.24) is 5.32 Å². The van der Waals surface area contributed by atoms with E-state index in [1.807, 2.05) is 12.1 Å². The molecule has 0 aliphatic heterocycles. The molecule has 2 heteroatoms. The van der Waals surface area contributed by atoms with Crippen LogP contribution in [-0.2, 0) is 6.42 Å².